The number of anilines is 3. The molecule has 3 heteroatoms. The first-order valence-corrected chi connectivity index (χ1v) is 19.4. The number of nitrogens with zero attached hydrogens (tertiary/aromatic N) is 2. The highest BCUT2D eigenvalue weighted by Gasteiger charge is 2.21. The zero-order valence-electron chi connectivity index (χ0n) is 31.1. The number of aromatic nitrogens is 1. The molecule has 0 radical (unpaired) electrons. The summed E-state index contributed by atoms with van der Waals surface area (Å²) in [6, 6.07) is 78.2. The molecule has 268 valence electrons. The third kappa shape index (κ3) is 5.60. The van der Waals surface area contributed by atoms with Crippen molar-refractivity contribution < 1.29 is 4.42 Å². The van der Waals surface area contributed by atoms with Gasteiger partial charge in [0.05, 0.1) is 16.7 Å². The standard InChI is InChI=1S/C54H36N2O/c1-2-16-37(17-3-1)43-22-4-5-23-44(43)38-18-14-19-40(34-38)55(41-20-15-21-42(36-41)56-51-29-11-7-25-46(51)47-26-8-12-30-52(47)56)50-28-10-6-24-45(50)39-32-33-49-48-27-9-13-31-53(48)57-54(49)35-39/h1-36H. The molecule has 0 amide bonds. The molecule has 0 unspecified atom stereocenters. The first-order chi connectivity index (χ1) is 28.3. The normalized spacial score (nSPS) is 11.5. The number of furan rings is 1. The number of rotatable bonds is 7. The van der Waals surface area contributed by atoms with Crippen LogP contribution < -0.4 is 4.90 Å². The quantitative estimate of drug-likeness (QED) is 0.163. The van der Waals surface area contributed by atoms with E-state index in [1.54, 1.807) is 0 Å². The maximum Gasteiger partial charge on any atom is 0.136 e. The first-order valence-electron chi connectivity index (χ1n) is 19.4. The lowest BCUT2D eigenvalue weighted by molar-refractivity contribution is 0.669. The van der Waals surface area contributed by atoms with Crippen molar-refractivity contribution >= 4 is 60.8 Å². The zero-order chi connectivity index (χ0) is 37.7. The van der Waals surface area contributed by atoms with Gasteiger partial charge in [0.15, 0.2) is 0 Å². The highest BCUT2D eigenvalue weighted by atomic mass is 16.3. The molecule has 0 aliphatic heterocycles. The Hall–Kier alpha value is -7.62. The van der Waals surface area contributed by atoms with Crippen LogP contribution >= 0.6 is 0 Å². The van der Waals surface area contributed by atoms with E-state index in [9.17, 15) is 0 Å². The van der Waals surface area contributed by atoms with Crippen molar-refractivity contribution in [3.8, 4) is 39.1 Å². The molecule has 2 aromatic heterocycles. The van der Waals surface area contributed by atoms with E-state index in [-0.39, 0.29) is 0 Å². The summed E-state index contributed by atoms with van der Waals surface area (Å²) >= 11 is 0. The second-order valence-corrected chi connectivity index (χ2v) is 14.5. The number of fused-ring (bicyclic) bond motifs is 6. The second-order valence-electron chi connectivity index (χ2n) is 14.5. The Balaban J connectivity index is 1.13. The Labute approximate surface area is 330 Å². The topological polar surface area (TPSA) is 21.3 Å². The maximum atomic E-state index is 6.41. The summed E-state index contributed by atoms with van der Waals surface area (Å²) in [5, 5.41) is 4.73. The van der Waals surface area contributed by atoms with E-state index < -0.39 is 0 Å². The van der Waals surface area contributed by atoms with Crippen LogP contribution in [0.4, 0.5) is 17.1 Å². The SMILES string of the molecule is c1ccc(-c2ccccc2-c2cccc(N(c3cccc(-n4c5ccccc5c5ccccc54)c3)c3ccccc3-c3ccc4c(c3)oc3ccccc34)c2)cc1. The first kappa shape index (κ1) is 32.8. The van der Waals surface area contributed by atoms with Gasteiger partial charge in [0.1, 0.15) is 11.2 Å². The van der Waals surface area contributed by atoms with Gasteiger partial charge in [-0.05, 0) is 94.5 Å². The second kappa shape index (κ2) is 13.6. The largest absolute Gasteiger partial charge is 0.456 e. The van der Waals surface area contributed by atoms with Gasteiger partial charge in [0, 0.05) is 44.2 Å². The Kier molecular flexibility index (Phi) is 7.82. The zero-order valence-corrected chi connectivity index (χ0v) is 31.1. The summed E-state index contributed by atoms with van der Waals surface area (Å²) < 4.78 is 8.80. The van der Waals surface area contributed by atoms with Crippen LogP contribution in [0.25, 0.3) is 82.8 Å². The van der Waals surface area contributed by atoms with Crippen LogP contribution in [-0.2, 0) is 0 Å². The van der Waals surface area contributed by atoms with E-state index in [0.717, 1.165) is 61.4 Å². The lowest BCUT2D eigenvalue weighted by Crippen LogP contribution is -2.12. The molecule has 0 fully saturated rings. The van der Waals surface area contributed by atoms with E-state index >= 15 is 0 Å². The molecule has 11 aromatic rings. The Morgan fingerprint density at radius 3 is 1.65 bits per heavy atom. The van der Waals surface area contributed by atoms with Crippen LogP contribution in [0.15, 0.2) is 223 Å². The fourth-order valence-corrected chi connectivity index (χ4v) is 8.62. The highest BCUT2D eigenvalue weighted by molar-refractivity contribution is 6.09. The van der Waals surface area contributed by atoms with Crippen molar-refractivity contribution in [1.82, 2.24) is 4.57 Å². The third-order valence-electron chi connectivity index (χ3n) is 11.2. The minimum atomic E-state index is 0.878. The minimum Gasteiger partial charge on any atom is -0.456 e. The third-order valence-corrected chi connectivity index (χ3v) is 11.2. The molecule has 0 N–H and O–H groups in total. The van der Waals surface area contributed by atoms with Crippen molar-refractivity contribution in [2.45, 2.75) is 0 Å². The van der Waals surface area contributed by atoms with Gasteiger partial charge in [-0.1, -0.05) is 152 Å². The lowest BCUT2D eigenvalue weighted by Gasteiger charge is -2.29. The smallest absolute Gasteiger partial charge is 0.136 e. The molecule has 57 heavy (non-hydrogen) atoms. The summed E-state index contributed by atoms with van der Waals surface area (Å²) in [5.74, 6) is 0. The molecule has 0 aliphatic rings. The van der Waals surface area contributed by atoms with Crippen molar-refractivity contribution in [2.24, 2.45) is 0 Å². The molecule has 0 spiro atoms. The number of hydrogen-bond donors (Lipinski definition) is 0. The van der Waals surface area contributed by atoms with Crippen LogP contribution in [0, 0.1) is 0 Å². The summed E-state index contributed by atoms with van der Waals surface area (Å²) in [6.45, 7) is 0. The van der Waals surface area contributed by atoms with Crippen molar-refractivity contribution in [2.75, 3.05) is 4.90 Å². The van der Waals surface area contributed by atoms with Crippen molar-refractivity contribution in [3.63, 3.8) is 0 Å². The molecule has 2 heterocycles. The summed E-state index contributed by atoms with van der Waals surface area (Å²) in [7, 11) is 0. The predicted octanol–water partition coefficient (Wildman–Crippen LogP) is 15.2. The summed E-state index contributed by atoms with van der Waals surface area (Å²) in [4.78, 5) is 2.41. The molecule has 0 aliphatic carbocycles. The molecule has 0 saturated carbocycles. The minimum absolute atomic E-state index is 0.878. The monoisotopic (exact) mass is 728 g/mol. The van der Waals surface area contributed by atoms with Gasteiger partial charge in [-0.2, -0.15) is 0 Å². The average molecular weight is 729 g/mol. The molecule has 0 saturated heterocycles. The molecular formula is C54H36N2O. The van der Waals surface area contributed by atoms with Crippen molar-refractivity contribution in [1.29, 1.82) is 0 Å². The van der Waals surface area contributed by atoms with Gasteiger partial charge >= 0.3 is 0 Å². The fraction of sp³-hybridized carbons (Fsp3) is 0. The molecular weight excluding hydrogens is 693 g/mol. The van der Waals surface area contributed by atoms with Crippen LogP contribution in [0.3, 0.4) is 0 Å². The Bertz CT molecular complexity index is 3210. The van der Waals surface area contributed by atoms with Gasteiger partial charge in [0.2, 0.25) is 0 Å². The number of hydrogen-bond acceptors (Lipinski definition) is 2. The average Bonchev–Trinajstić information content (AvgIpc) is 3.83. The number of para-hydroxylation sites is 4. The highest BCUT2D eigenvalue weighted by Crippen LogP contribution is 2.44. The van der Waals surface area contributed by atoms with E-state index in [1.165, 1.54) is 38.5 Å². The van der Waals surface area contributed by atoms with Crippen LogP contribution in [0.2, 0.25) is 0 Å². The number of benzene rings is 9. The van der Waals surface area contributed by atoms with Gasteiger partial charge < -0.3 is 13.9 Å². The summed E-state index contributed by atoms with van der Waals surface area (Å²) in [5.41, 5.74) is 15.4. The predicted molar refractivity (Wildman–Crippen MR) is 239 cm³/mol. The Morgan fingerprint density at radius 1 is 0.333 bits per heavy atom. The maximum absolute atomic E-state index is 6.41. The van der Waals surface area contributed by atoms with Crippen LogP contribution in [-0.4, -0.2) is 4.57 Å². The van der Waals surface area contributed by atoms with Gasteiger partial charge in [-0.3, -0.25) is 0 Å². The van der Waals surface area contributed by atoms with E-state index in [0.29, 0.717) is 0 Å². The van der Waals surface area contributed by atoms with E-state index in [4.69, 9.17) is 4.42 Å². The van der Waals surface area contributed by atoms with Crippen molar-refractivity contribution in [3.05, 3.63) is 218 Å². The van der Waals surface area contributed by atoms with E-state index in [2.05, 4.69) is 216 Å². The van der Waals surface area contributed by atoms with Crippen LogP contribution in [0.5, 0.6) is 0 Å². The molecule has 0 bridgehead atoms. The van der Waals surface area contributed by atoms with E-state index in [1.807, 2.05) is 12.1 Å². The van der Waals surface area contributed by atoms with Gasteiger partial charge in [0.25, 0.3) is 0 Å². The lowest BCUT2D eigenvalue weighted by atomic mass is 9.94. The van der Waals surface area contributed by atoms with Gasteiger partial charge in [-0.25, -0.2) is 0 Å². The summed E-state index contributed by atoms with van der Waals surface area (Å²) in [6.07, 6.45) is 0. The molecule has 9 aromatic carbocycles. The van der Waals surface area contributed by atoms with Crippen LogP contribution in [0.1, 0.15) is 0 Å². The van der Waals surface area contributed by atoms with Gasteiger partial charge in [-0.15, -0.1) is 0 Å². The molecule has 0 atom stereocenters. The fourth-order valence-electron chi connectivity index (χ4n) is 8.62. The molecule has 11 rings (SSSR count). The Morgan fingerprint density at radius 2 is 0.877 bits per heavy atom. The molecule has 3 nitrogen and oxygen atoms in total.